The standard InChI is InChI=1S/C23H19ClN4OS/c24-15-2-8-18(9-3-15)30-21-12-28(17-6-7-17)26-22(21)14-1-10-19-20(11-14)25-13-27(23(19)29)16-4-5-16/h1-3,8-13,16-17H,4-7H2. The lowest BCUT2D eigenvalue weighted by Crippen LogP contribution is -2.19. The van der Waals surface area contributed by atoms with Gasteiger partial charge in [-0.2, -0.15) is 5.10 Å². The summed E-state index contributed by atoms with van der Waals surface area (Å²) >= 11 is 7.72. The molecule has 0 amide bonds. The summed E-state index contributed by atoms with van der Waals surface area (Å²) in [6.45, 7) is 0. The van der Waals surface area contributed by atoms with Gasteiger partial charge in [-0.3, -0.25) is 14.0 Å². The van der Waals surface area contributed by atoms with E-state index in [1.807, 2.05) is 42.5 Å². The average Bonchev–Trinajstić information content (AvgIpc) is 3.68. The lowest BCUT2D eigenvalue weighted by molar-refractivity contribution is 0.642. The zero-order valence-electron chi connectivity index (χ0n) is 16.2. The third kappa shape index (κ3) is 3.34. The lowest BCUT2D eigenvalue weighted by Gasteiger charge is -2.07. The summed E-state index contributed by atoms with van der Waals surface area (Å²) in [6, 6.07) is 14.5. The summed E-state index contributed by atoms with van der Waals surface area (Å²) in [5.74, 6) is 0. The summed E-state index contributed by atoms with van der Waals surface area (Å²) < 4.78 is 3.85. The van der Waals surface area contributed by atoms with E-state index in [1.165, 1.54) is 12.8 Å². The zero-order chi connectivity index (χ0) is 20.2. The summed E-state index contributed by atoms with van der Waals surface area (Å²) in [5.41, 5.74) is 2.68. The topological polar surface area (TPSA) is 52.7 Å². The highest BCUT2D eigenvalue weighted by Gasteiger charge is 2.27. The number of aromatic nitrogens is 4. The molecule has 0 atom stereocenters. The SMILES string of the molecule is O=c1c2ccc(-c3nn(C4CC4)cc3Sc3ccc(Cl)cc3)cc2ncn1C1CC1. The van der Waals surface area contributed by atoms with E-state index in [1.54, 1.807) is 22.7 Å². The Balaban J connectivity index is 1.42. The Kier molecular flexibility index (Phi) is 4.25. The van der Waals surface area contributed by atoms with E-state index in [2.05, 4.69) is 15.9 Å². The molecule has 2 saturated carbocycles. The van der Waals surface area contributed by atoms with Gasteiger partial charge in [0, 0.05) is 27.7 Å². The molecule has 2 aromatic heterocycles. The maximum atomic E-state index is 12.8. The quantitative estimate of drug-likeness (QED) is 0.402. The molecule has 30 heavy (non-hydrogen) atoms. The first-order chi connectivity index (χ1) is 14.7. The second-order valence-electron chi connectivity index (χ2n) is 8.03. The smallest absolute Gasteiger partial charge is 0.261 e. The molecule has 4 aromatic rings. The van der Waals surface area contributed by atoms with Gasteiger partial charge in [0.25, 0.3) is 5.56 Å². The van der Waals surface area contributed by atoms with Crippen molar-refractivity contribution in [3.63, 3.8) is 0 Å². The maximum absolute atomic E-state index is 12.8. The third-order valence-electron chi connectivity index (χ3n) is 5.66. The number of fused-ring (bicyclic) bond motifs is 1. The Bertz CT molecular complexity index is 1320. The van der Waals surface area contributed by atoms with Crippen LogP contribution in [0.3, 0.4) is 0 Å². The highest BCUT2D eigenvalue weighted by atomic mass is 35.5. The summed E-state index contributed by atoms with van der Waals surface area (Å²) in [6.07, 6.45) is 8.30. The van der Waals surface area contributed by atoms with E-state index >= 15 is 0 Å². The van der Waals surface area contributed by atoms with Crippen LogP contribution in [0.15, 0.2) is 69.6 Å². The van der Waals surface area contributed by atoms with E-state index in [0.717, 1.165) is 44.4 Å². The molecule has 7 heteroatoms. The molecule has 5 nitrogen and oxygen atoms in total. The molecule has 150 valence electrons. The van der Waals surface area contributed by atoms with Crippen molar-refractivity contribution in [2.75, 3.05) is 0 Å². The van der Waals surface area contributed by atoms with Gasteiger partial charge in [-0.15, -0.1) is 0 Å². The molecule has 2 aliphatic rings. The van der Waals surface area contributed by atoms with Crippen LogP contribution in [0.1, 0.15) is 37.8 Å². The van der Waals surface area contributed by atoms with Crippen LogP contribution in [-0.2, 0) is 0 Å². The number of rotatable bonds is 5. The van der Waals surface area contributed by atoms with Crippen LogP contribution in [0.5, 0.6) is 0 Å². The van der Waals surface area contributed by atoms with Crippen LogP contribution in [0.2, 0.25) is 5.02 Å². The molecule has 0 aliphatic heterocycles. The minimum atomic E-state index is 0.0494. The first-order valence-electron chi connectivity index (χ1n) is 10.2. The minimum Gasteiger partial charge on any atom is -0.296 e. The fraction of sp³-hybridized carbons (Fsp3) is 0.261. The molecule has 0 bridgehead atoms. The second-order valence-corrected chi connectivity index (χ2v) is 9.58. The van der Waals surface area contributed by atoms with Crippen molar-refractivity contribution in [1.82, 2.24) is 19.3 Å². The molecule has 0 radical (unpaired) electrons. The van der Waals surface area contributed by atoms with E-state index in [4.69, 9.17) is 16.7 Å². The van der Waals surface area contributed by atoms with Crippen LogP contribution < -0.4 is 5.56 Å². The van der Waals surface area contributed by atoms with Gasteiger partial charge in [-0.25, -0.2) is 4.98 Å². The summed E-state index contributed by atoms with van der Waals surface area (Å²) in [7, 11) is 0. The largest absolute Gasteiger partial charge is 0.296 e. The molecule has 2 aromatic carbocycles. The average molecular weight is 435 g/mol. The maximum Gasteiger partial charge on any atom is 0.261 e. The van der Waals surface area contributed by atoms with E-state index in [-0.39, 0.29) is 5.56 Å². The molecule has 0 N–H and O–H groups in total. The van der Waals surface area contributed by atoms with Gasteiger partial charge in [0.15, 0.2) is 0 Å². The second kappa shape index (κ2) is 7.00. The van der Waals surface area contributed by atoms with Crippen molar-refractivity contribution in [2.45, 2.75) is 47.6 Å². The fourth-order valence-electron chi connectivity index (χ4n) is 3.70. The molecule has 0 spiro atoms. The van der Waals surface area contributed by atoms with Gasteiger partial charge in [0.2, 0.25) is 0 Å². The van der Waals surface area contributed by atoms with Crippen molar-refractivity contribution >= 4 is 34.3 Å². The fourth-order valence-corrected chi connectivity index (χ4v) is 4.77. The zero-order valence-corrected chi connectivity index (χ0v) is 17.7. The Morgan fingerprint density at radius 3 is 2.50 bits per heavy atom. The van der Waals surface area contributed by atoms with Gasteiger partial charge < -0.3 is 0 Å². The number of benzene rings is 2. The molecular weight excluding hydrogens is 416 g/mol. The Morgan fingerprint density at radius 2 is 1.77 bits per heavy atom. The monoisotopic (exact) mass is 434 g/mol. The van der Waals surface area contributed by atoms with Crippen molar-refractivity contribution < 1.29 is 0 Å². The number of halogens is 1. The number of hydrogen-bond acceptors (Lipinski definition) is 4. The van der Waals surface area contributed by atoms with Crippen LogP contribution in [0.4, 0.5) is 0 Å². The van der Waals surface area contributed by atoms with E-state index in [9.17, 15) is 4.79 Å². The van der Waals surface area contributed by atoms with Crippen molar-refractivity contribution in [2.24, 2.45) is 0 Å². The molecule has 6 rings (SSSR count). The van der Waals surface area contributed by atoms with Crippen molar-refractivity contribution in [1.29, 1.82) is 0 Å². The predicted molar refractivity (Wildman–Crippen MR) is 119 cm³/mol. The number of nitrogens with zero attached hydrogens (tertiary/aromatic N) is 4. The van der Waals surface area contributed by atoms with Gasteiger partial charge in [-0.05, 0) is 62.1 Å². The Labute approximate surface area is 182 Å². The first-order valence-corrected chi connectivity index (χ1v) is 11.4. The number of hydrogen-bond donors (Lipinski definition) is 0. The summed E-state index contributed by atoms with van der Waals surface area (Å²) in [4.78, 5) is 19.6. The minimum absolute atomic E-state index is 0.0494. The van der Waals surface area contributed by atoms with Gasteiger partial charge >= 0.3 is 0 Å². The Hall–Kier alpha value is -2.57. The van der Waals surface area contributed by atoms with Crippen LogP contribution in [-0.4, -0.2) is 19.3 Å². The predicted octanol–water partition coefficient (Wildman–Crippen LogP) is 5.73. The highest BCUT2D eigenvalue weighted by molar-refractivity contribution is 7.99. The van der Waals surface area contributed by atoms with Gasteiger partial charge in [-0.1, -0.05) is 29.4 Å². The third-order valence-corrected chi connectivity index (χ3v) is 6.94. The molecule has 2 fully saturated rings. The van der Waals surface area contributed by atoms with Crippen molar-refractivity contribution in [3.05, 3.63) is 70.4 Å². The molecule has 2 heterocycles. The van der Waals surface area contributed by atoms with Crippen LogP contribution >= 0.6 is 23.4 Å². The lowest BCUT2D eigenvalue weighted by atomic mass is 10.1. The van der Waals surface area contributed by atoms with Gasteiger partial charge in [0.05, 0.1) is 28.2 Å². The normalized spacial score (nSPS) is 16.3. The Morgan fingerprint density at radius 1 is 1.00 bits per heavy atom. The van der Waals surface area contributed by atoms with Crippen LogP contribution in [0, 0.1) is 0 Å². The molecular formula is C23H19ClN4OS. The molecule has 2 aliphatic carbocycles. The molecule has 0 saturated heterocycles. The van der Waals surface area contributed by atoms with Crippen molar-refractivity contribution in [3.8, 4) is 11.3 Å². The summed E-state index contributed by atoms with van der Waals surface area (Å²) in [5, 5.41) is 6.30. The first kappa shape index (κ1) is 18.2. The van der Waals surface area contributed by atoms with E-state index in [0.29, 0.717) is 17.5 Å². The van der Waals surface area contributed by atoms with Crippen LogP contribution in [0.25, 0.3) is 22.2 Å². The highest BCUT2D eigenvalue weighted by Crippen LogP contribution is 2.41. The van der Waals surface area contributed by atoms with Gasteiger partial charge in [0.1, 0.15) is 5.69 Å². The van der Waals surface area contributed by atoms with E-state index < -0.39 is 0 Å². The molecule has 0 unspecified atom stereocenters.